The number of nitrogens with zero attached hydrogens (tertiary/aromatic N) is 1. The highest BCUT2D eigenvalue weighted by molar-refractivity contribution is 7.13. The van der Waals surface area contributed by atoms with Crippen LogP contribution in [-0.4, -0.2) is 17.1 Å². The molecule has 0 amide bonds. The van der Waals surface area contributed by atoms with Gasteiger partial charge < -0.3 is 9.72 Å². The molecule has 90 valence electrons. The van der Waals surface area contributed by atoms with Crippen LogP contribution < -0.4 is 4.74 Å². The van der Waals surface area contributed by atoms with Gasteiger partial charge in [0.1, 0.15) is 5.75 Å². The molecule has 0 atom stereocenters. The number of aromatic nitrogens is 2. The highest BCUT2D eigenvalue weighted by Crippen LogP contribution is 2.32. The smallest absolute Gasteiger partial charge is 0.118 e. The number of hydrogen-bond donors (Lipinski definition) is 1. The summed E-state index contributed by atoms with van der Waals surface area (Å²) in [6, 6.07) is 12.1. The molecule has 0 saturated heterocycles. The van der Waals surface area contributed by atoms with E-state index in [2.05, 4.69) is 21.4 Å². The Morgan fingerprint density at radius 2 is 2.00 bits per heavy atom. The third-order valence-electron chi connectivity index (χ3n) is 2.77. The van der Waals surface area contributed by atoms with Crippen LogP contribution in [0.3, 0.4) is 0 Å². The first-order chi connectivity index (χ1) is 8.88. The fourth-order valence-electron chi connectivity index (χ4n) is 1.87. The Kier molecular flexibility index (Phi) is 2.86. The fourth-order valence-corrected chi connectivity index (χ4v) is 2.61. The molecular weight excluding hydrogens is 244 g/mol. The second-order valence-electron chi connectivity index (χ2n) is 3.83. The number of ether oxygens (including phenoxy) is 1. The van der Waals surface area contributed by atoms with Gasteiger partial charge in [-0.3, -0.25) is 0 Å². The van der Waals surface area contributed by atoms with Crippen LogP contribution in [0.25, 0.3) is 21.8 Å². The average Bonchev–Trinajstić information content (AvgIpc) is 3.09. The van der Waals surface area contributed by atoms with Gasteiger partial charge in [-0.15, -0.1) is 11.3 Å². The zero-order valence-corrected chi connectivity index (χ0v) is 10.7. The van der Waals surface area contributed by atoms with Crippen LogP contribution in [0.5, 0.6) is 5.75 Å². The van der Waals surface area contributed by atoms with E-state index in [1.54, 1.807) is 24.8 Å². The summed E-state index contributed by atoms with van der Waals surface area (Å²) >= 11 is 1.70. The number of imidazole rings is 1. The summed E-state index contributed by atoms with van der Waals surface area (Å²) in [5.74, 6) is 0.854. The Bertz CT molecular complexity index is 626. The first-order valence-electron chi connectivity index (χ1n) is 5.60. The van der Waals surface area contributed by atoms with Crippen molar-refractivity contribution in [3.05, 3.63) is 48.1 Å². The highest BCUT2D eigenvalue weighted by Gasteiger charge is 2.10. The highest BCUT2D eigenvalue weighted by atomic mass is 32.1. The lowest BCUT2D eigenvalue weighted by molar-refractivity contribution is 0.415. The second-order valence-corrected chi connectivity index (χ2v) is 4.78. The lowest BCUT2D eigenvalue weighted by Gasteiger charge is -2.03. The molecule has 1 aromatic carbocycles. The zero-order chi connectivity index (χ0) is 12.4. The summed E-state index contributed by atoms with van der Waals surface area (Å²) in [7, 11) is 1.67. The fraction of sp³-hybridized carbons (Fsp3) is 0.0714. The Morgan fingerprint density at radius 3 is 2.67 bits per heavy atom. The van der Waals surface area contributed by atoms with Crippen molar-refractivity contribution in [3.8, 4) is 27.6 Å². The molecule has 0 fully saturated rings. The van der Waals surface area contributed by atoms with E-state index >= 15 is 0 Å². The van der Waals surface area contributed by atoms with Crippen molar-refractivity contribution in [1.29, 1.82) is 0 Å². The quantitative estimate of drug-likeness (QED) is 0.773. The molecule has 0 radical (unpaired) electrons. The average molecular weight is 256 g/mol. The number of thiophene rings is 1. The van der Waals surface area contributed by atoms with Gasteiger partial charge in [0.15, 0.2) is 0 Å². The van der Waals surface area contributed by atoms with Gasteiger partial charge in [-0.2, -0.15) is 0 Å². The van der Waals surface area contributed by atoms with Gasteiger partial charge >= 0.3 is 0 Å². The van der Waals surface area contributed by atoms with Crippen LogP contribution in [0.1, 0.15) is 0 Å². The number of nitrogens with one attached hydrogen (secondary N) is 1. The second kappa shape index (κ2) is 4.66. The molecule has 18 heavy (non-hydrogen) atoms. The maximum atomic E-state index is 5.16. The molecular formula is C14H12N2OS. The van der Waals surface area contributed by atoms with Crippen molar-refractivity contribution in [2.24, 2.45) is 0 Å². The minimum absolute atomic E-state index is 0.854. The predicted octanol–water partition coefficient (Wildman–Crippen LogP) is 3.81. The summed E-state index contributed by atoms with van der Waals surface area (Å²) in [4.78, 5) is 8.80. The first kappa shape index (κ1) is 11.0. The molecule has 3 nitrogen and oxygen atoms in total. The standard InChI is InChI=1S/C14H12N2OS/c1-17-11-6-4-10(5-7-11)13-14(16-9-15-13)12-3-2-8-18-12/h2-9H,1H3,(H,15,16). The molecule has 0 aliphatic rings. The number of benzene rings is 1. The van der Waals surface area contributed by atoms with Crippen LogP contribution in [0.4, 0.5) is 0 Å². The van der Waals surface area contributed by atoms with Crippen molar-refractivity contribution in [3.63, 3.8) is 0 Å². The van der Waals surface area contributed by atoms with E-state index in [0.717, 1.165) is 22.7 Å². The van der Waals surface area contributed by atoms with Gasteiger partial charge in [-0.25, -0.2) is 4.98 Å². The molecule has 0 aliphatic carbocycles. The number of rotatable bonds is 3. The summed E-state index contributed by atoms with van der Waals surface area (Å²) in [6.07, 6.45) is 1.73. The molecule has 0 bridgehead atoms. The molecule has 2 aromatic heterocycles. The number of methoxy groups -OCH3 is 1. The van der Waals surface area contributed by atoms with E-state index in [-0.39, 0.29) is 0 Å². The molecule has 0 aliphatic heterocycles. The van der Waals surface area contributed by atoms with Crippen LogP contribution in [-0.2, 0) is 0 Å². The molecule has 4 heteroatoms. The molecule has 0 saturated carbocycles. The van der Waals surface area contributed by atoms with E-state index in [1.165, 1.54) is 4.88 Å². The molecule has 1 N–H and O–H groups in total. The molecule has 3 aromatic rings. The van der Waals surface area contributed by atoms with Crippen molar-refractivity contribution < 1.29 is 4.74 Å². The van der Waals surface area contributed by atoms with Crippen LogP contribution in [0.2, 0.25) is 0 Å². The number of hydrogen-bond acceptors (Lipinski definition) is 3. The van der Waals surface area contributed by atoms with Crippen LogP contribution >= 0.6 is 11.3 Å². The zero-order valence-electron chi connectivity index (χ0n) is 9.88. The monoisotopic (exact) mass is 256 g/mol. The minimum Gasteiger partial charge on any atom is -0.497 e. The maximum absolute atomic E-state index is 5.16. The Labute approximate surface area is 109 Å². The Balaban J connectivity index is 2.04. The SMILES string of the molecule is COc1ccc(-c2nc[nH]c2-c2cccs2)cc1. The lowest BCUT2D eigenvalue weighted by Crippen LogP contribution is -1.84. The summed E-state index contributed by atoms with van der Waals surface area (Å²) in [5, 5.41) is 2.06. The van der Waals surface area contributed by atoms with Gasteiger partial charge in [0.2, 0.25) is 0 Å². The lowest BCUT2D eigenvalue weighted by atomic mass is 10.1. The van der Waals surface area contributed by atoms with Crippen molar-refractivity contribution >= 4 is 11.3 Å². The van der Waals surface area contributed by atoms with Crippen LogP contribution in [0.15, 0.2) is 48.1 Å². The van der Waals surface area contributed by atoms with Gasteiger partial charge in [-0.1, -0.05) is 6.07 Å². The van der Waals surface area contributed by atoms with Gasteiger partial charge in [0.25, 0.3) is 0 Å². The predicted molar refractivity (Wildman–Crippen MR) is 73.9 cm³/mol. The normalized spacial score (nSPS) is 10.5. The third kappa shape index (κ3) is 1.91. The maximum Gasteiger partial charge on any atom is 0.118 e. The summed E-state index contributed by atoms with van der Waals surface area (Å²) in [5.41, 5.74) is 3.12. The molecule has 0 spiro atoms. The summed E-state index contributed by atoms with van der Waals surface area (Å²) < 4.78 is 5.16. The van der Waals surface area contributed by atoms with Gasteiger partial charge in [0.05, 0.1) is 29.7 Å². The van der Waals surface area contributed by atoms with Gasteiger partial charge in [0, 0.05) is 5.56 Å². The van der Waals surface area contributed by atoms with E-state index < -0.39 is 0 Å². The number of aromatic amines is 1. The Morgan fingerprint density at radius 1 is 1.17 bits per heavy atom. The van der Waals surface area contributed by atoms with Crippen LogP contribution in [0, 0.1) is 0 Å². The van der Waals surface area contributed by atoms with Crippen molar-refractivity contribution in [2.45, 2.75) is 0 Å². The third-order valence-corrected chi connectivity index (χ3v) is 3.66. The molecule has 3 rings (SSSR count). The van der Waals surface area contributed by atoms with E-state index in [4.69, 9.17) is 4.74 Å². The van der Waals surface area contributed by atoms with E-state index in [9.17, 15) is 0 Å². The van der Waals surface area contributed by atoms with E-state index in [0.29, 0.717) is 0 Å². The summed E-state index contributed by atoms with van der Waals surface area (Å²) in [6.45, 7) is 0. The molecule has 2 heterocycles. The largest absolute Gasteiger partial charge is 0.497 e. The minimum atomic E-state index is 0.854. The topological polar surface area (TPSA) is 37.9 Å². The Hall–Kier alpha value is -2.07. The van der Waals surface area contributed by atoms with E-state index in [1.807, 2.05) is 30.3 Å². The molecule has 0 unspecified atom stereocenters. The number of H-pyrrole nitrogens is 1. The van der Waals surface area contributed by atoms with Crippen molar-refractivity contribution in [1.82, 2.24) is 9.97 Å². The van der Waals surface area contributed by atoms with Gasteiger partial charge in [-0.05, 0) is 35.7 Å². The first-order valence-corrected chi connectivity index (χ1v) is 6.48. The van der Waals surface area contributed by atoms with Crippen molar-refractivity contribution in [2.75, 3.05) is 7.11 Å².